The van der Waals surface area contributed by atoms with Crippen molar-refractivity contribution >= 4 is 64.0 Å². The topological polar surface area (TPSA) is 172 Å². The van der Waals surface area contributed by atoms with E-state index in [4.69, 9.17) is 23.2 Å². The van der Waals surface area contributed by atoms with E-state index in [2.05, 4.69) is 26.3 Å². The number of nitrogens with zero attached hydrogens (tertiary/aromatic N) is 1. The number of guanidine groups is 1. The molecule has 11 nitrogen and oxygen atoms in total. The number of halogens is 2. The molecule has 0 saturated carbocycles. The molecule has 0 bridgehead atoms. The SMILES string of the molecule is Cc1sc(C(=O)NCC(=O)NC(Cc2cc(Cl)cc(Cl)c2O)C(=O)O)cc1NC1=NCC(O)CN1. The van der Waals surface area contributed by atoms with E-state index in [1.165, 1.54) is 23.5 Å². The monoisotopic (exact) mass is 543 g/mol. The fourth-order valence-corrected chi connectivity index (χ4v) is 4.58. The molecule has 1 aliphatic heterocycles. The van der Waals surface area contributed by atoms with E-state index < -0.39 is 36.5 Å². The number of thiophene rings is 1. The number of aryl methyl sites for hydroxylation is 1. The number of hydrogen-bond donors (Lipinski definition) is 7. The Morgan fingerprint density at radius 1 is 1.29 bits per heavy atom. The predicted octanol–water partition coefficient (Wildman–Crippen LogP) is 1.34. The normalized spacial score (nSPS) is 16.0. The van der Waals surface area contributed by atoms with Crippen molar-refractivity contribution < 1.29 is 29.7 Å². The van der Waals surface area contributed by atoms with E-state index >= 15 is 0 Å². The van der Waals surface area contributed by atoms with Crippen LogP contribution in [0.25, 0.3) is 0 Å². The van der Waals surface area contributed by atoms with Gasteiger partial charge in [0.2, 0.25) is 5.91 Å². The number of aliphatic hydroxyl groups is 1. The van der Waals surface area contributed by atoms with E-state index in [1.54, 1.807) is 6.07 Å². The average molecular weight is 544 g/mol. The fourth-order valence-electron chi connectivity index (χ4n) is 3.15. The van der Waals surface area contributed by atoms with Crippen LogP contribution in [0.5, 0.6) is 5.75 Å². The Kier molecular flexibility index (Phi) is 8.78. The Labute approximate surface area is 214 Å². The number of carboxylic acid groups (broad SMARTS) is 1. The van der Waals surface area contributed by atoms with Gasteiger partial charge >= 0.3 is 5.97 Å². The summed E-state index contributed by atoms with van der Waals surface area (Å²) in [6.07, 6.45) is -0.818. The van der Waals surface area contributed by atoms with Crippen LogP contribution in [0.4, 0.5) is 5.69 Å². The maximum Gasteiger partial charge on any atom is 0.326 e. The summed E-state index contributed by atoms with van der Waals surface area (Å²) in [6, 6.07) is 2.88. The molecule has 0 saturated heterocycles. The number of aliphatic hydroxyl groups excluding tert-OH is 1. The Balaban J connectivity index is 1.56. The first-order chi connectivity index (χ1) is 16.5. The van der Waals surface area contributed by atoms with Gasteiger partial charge in [-0.2, -0.15) is 0 Å². The van der Waals surface area contributed by atoms with Crippen molar-refractivity contribution in [3.05, 3.63) is 43.6 Å². The molecule has 0 radical (unpaired) electrons. The van der Waals surface area contributed by atoms with Gasteiger partial charge in [0.15, 0.2) is 5.96 Å². The number of anilines is 1. The first-order valence-corrected chi connectivity index (χ1v) is 11.9. The molecule has 0 aliphatic carbocycles. The van der Waals surface area contributed by atoms with Gasteiger partial charge in [0.25, 0.3) is 5.91 Å². The maximum atomic E-state index is 12.5. The van der Waals surface area contributed by atoms with E-state index in [0.717, 1.165) is 4.88 Å². The molecule has 2 unspecified atom stereocenters. The van der Waals surface area contributed by atoms with Crippen molar-refractivity contribution in [3.63, 3.8) is 0 Å². The highest BCUT2D eigenvalue weighted by molar-refractivity contribution is 7.14. The second-order valence-electron chi connectivity index (χ2n) is 7.67. The molecule has 35 heavy (non-hydrogen) atoms. The third-order valence-electron chi connectivity index (χ3n) is 4.93. The number of amides is 2. The van der Waals surface area contributed by atoms with Crippen LogP contribution in [0, 0.1) is 6.92 Å². The number of β-amino-alcohol motifs (C(OH)–C–C–N with tert-alkyl or cyclic N) is 1. The Bertz CT molecular complexity index is 1170. The molecule has 2 atom stereocenters. The second-order valence-corrected chi connectivity index (χ2v) is 9.77. The Hall–Kier alpha value is -3.06. The smallest absolute Gasteiger partial charge is 0.326 e. The Morgan fingerprint density at radius 2 is 2.03 bits per heavy atom. The first-order valence-electron chi connectivity index (χ1n) is 10.3. The van der Waals surface area contributed by atoms with Gasteiger partial charge in [0.05, 0.1) is 34.8 Å². The Morgan fingerprint density at radius 3 is 2.69 bits per heavy atom. The van der Waals surface area contributed by atoms with Crippen molar-refractivity contribution in [1.82, 2.24) is 16.0 Å². The molecule has 1 aromatic heterocycles. The lowest BCUT2D eigenvalue weighted by atomic mass is 10.0. The van der Waals surface area contributed by atoms with Gasteiger partial charge in [-0.05, 0) is 30.7 Å². The highest BCUT2D eigenvalue weighted by Crippen LogP contribution is 2.32. The third-order valence-corrected chi connectivity index (χ3v) is 6.49. The second kappa shape index (κ2) is 11.6. The lowest BCUT2D eigenvalue weighted by Crippen LogP contribution is -2.46. The van der Waals surface area contributed by atoms with Crippen LogP contribution >= 0.6 is 34.5 Å². The van der Waals surface area contributed by atoms with Crippen LogP contribution in [0.1, 0.15) is 20.1 Å². The zero-order valence-electron chi connectivity index (χ0n) is 18.4. The number of benzene rings is 1. The van der Waals surface area contributed by atoms with Gasteiger partial charge in [-0.15, -0.1) is 11.3 Å². The molecular formula is C21H23Cl2N5O6S. The van der Waals surface area contributed by atoms with Crippen molar-refractivity contribution in [2.75, 3.05) is 25.0 Å². The van der Waals surface area contributed by atoms with Crippen molar-refractivity contribution in [1.29, 1.82) is 0 Å². The molecule has 188 valence electrons. The van der Waals surface area contributed by atoms with Crippen molar-refractivity contribution in [2.45, 2.75) is 25.5 Å². The number of aliphatic carboxylic acids is 1. The lowest BCUT2D eigenvalue weighted by molar-refractivity contribution is -0.141. The minimum Gasteiger partial charge on any atom is -0.506 e. The summed E-state index contributed by atoms with van der Waals surface area (Å²) in [5.41, 5.74) is 0.804. The number of phenolic OH excluding ortho intramolecular Hbond substituents is 1. The number of carbonyl (C=O) groups is 3. The molecule has 0 spiro atoms. The van der Waals surface area contributed by atoms with Gasteiger partial charge in [-0.25, -0.2) is 4.79 Å². The number of carboxylic acids is 1. The van der Waals surface area contributed by atoms with Crippen LogP contribution in [0.2, 0.25) is 10.0 Å². The van der Waals surface area contributed by atoms with Crippen molar-refractivity contribution in [2.24, 2.45) is 4.99 Å². The summed E-state index contributed by atoms with van der Waals surface area (Å²) in [6.45, 7) is 1.97. The molecule has 2 heterocycles. The van der Waals surface area contributed by atoms with Crippen LogP contribution in [0.15, 0.2) is 23.2 Å². The summed E-state index contributed by atoms with van der Waals surface area (Å²) in [7, 11) is 0. The average Bonchev–Trinajstić information content (AvgIpc) is 3.16. The zero-order chi connectivity index (χ0) is 25.7. The predicted molar refractivity (Wildman–Crippen MR) is 133 cm³/mol. The molecular weight excluding hydrogens is 521 g/mol. The molecule has 2 amide bonds. The van der Waals surface area contributed by atoms with Gasteiger partial charge < -0.3 is 36.6 Å². The number of nitrogens with one attached hydrogen (secondary N) is 4. The number of rotatable bonds is 8. The quantitative estimate of drug-likeness (QED) is 0.261. The van der Waals surface area contributed by atoms with E-state index in [-0.39, 0.29) is 34.3 Å². The summed E-state index contributed by atoms with van der Waals surface area (Å²) >= 11 is 13.0. The lowest BCUT2D eigenvalue weighted by Gasteiger charge is -2.19. The fraction of sp³-hybridized carbons (Fsp3) is 0.333. The highest BCUT2D eigenvalue weighted by Gasteiger charge is 2.24. The molecule has 1 aromatic carbocycles. The van der Waals surface area contributed by atoms with Gasteiger partial charge in [0.1, 0.15) is 11.8 Å². The van der Waals surface area contributed by atoms with Gasteiger partial charge in [0, 0.05) is 22.9 Å². The standard InChI is InChI=1S/C21H23Cl2N5O6S/c1-9-14(28-21-25-6-12(29)7-26-21)5-16(35-9)19(32)24-8-17(30)27-15(20(33)34)3-10-2-11(22)4-13(23)18(10)31/h2,4-5,12,15,29,31H,3,6-8H2,1H3,(H,24,32)(H,27,30)(H,33,34)(H2,25,26,28). The number of carbonyl (C=O) groups excluding carboxylic acids is 2. The van der Waals surface area contributed by atoms with E-state index in [9.17, 15) is 29.7 Å². The molecule has 1 aliphatic rings. The van der Waals surface area contributed by atoms with Crippen LogP contribution in [-0.4, -0.2) is 70.8 Å². The van der Waals surface area contributed by atoms with Crippen LogP contribution < -0.4 is 21.3 Å². The molecule has 14 heteroatoms. The summed E-state index contributed by atoms with van der Waals surface area (Å²) in [5, 5.41) is 39.9. The number of aliphatic imine (C=N–C) groups is 1. The molecule has 0 fully saturated rings. The largest absolute Gasteiger partial charge is 0.506 e. The maximum absolute atomic E-state index is 12.5. The minimum atomic E-state index is -1.39. The number of hydrogen-bond acceptors (Lipinski definition) is 9. The van der Waals surface area contributed by atoms with Gasteiger partial charge in [-0.1, -0.05) is 23.2 Å². The van der Waals surface area contributed by atoms with Gasteiger partial charge in [-0.3, -0.25) is 14.6 Å². The third kappa shape index (κ3) is 7.21. The molecule has 7 N–H and O–H groups in total. The molecule has 2 aromatic rings. The van der Waals surface area contributed by atoms with E-state index in [0.29, 0.717) is 23.1 Å². The summed E-state index contributed by atoms with van der Waals surface area (Å²) < 4.78 is 0. The summed E-state index contributed by atoms with van der Waals surface area (Å²) in [4.78, 5) is 41.7. The van der Waals surface area contributed by atoms with Crippen LogP contribution in [0.3, 0.4) is 0 Å². The highest BCUT2D eigenvalue weighted by atomic mass is 35.5. The zero-order valence-corrected chi connectivity index (χ0v) is 20.7. The number of aromatic hydroxyl groups is 1. The summed E-state index contributed by atoms with van der Waals surface area (Å²) in [5.74, 6) is -2.43. The van der Waals surface area contributed by atoms with Crippen molar-refractivity contribution in [3.8, 4) is 5.75 Å². The van der Waals surface area contributed by atoms with E-state index in [1.807, 2.05) is 6.92 Å². The minimum absolute atomic E-state index is 0.0424. The first kappa shape index (κ1) is 26.5. The molecule has 3 rings (SSSR count). The van der Waals surface area contributed by atoms with Crippen LogP contribution in [-0.2, 0) is 16.0 Å². The number of phenols is 1.